The predicted octanol–water partition coefficient (Wildman–Crippen LogP) is 1.38. The summed E-state index contributed by atoms with van der Waals surface area (Å²) in [6.07, 6.45) is 7.65. The van der Waals surface area contributed by atoms with E-state index in [9.17, 15) is 9.90 Å². The monoisotopic (exact) mass is 200 g/mol. The molecule has 0 saturated heterocycles. The van der Waals surface area contributed by atoms with Crippen molar-refractivity contribution >= 4 is 5.78 Å². The Labute approximate surface area is 89.0 Å². The molecule has 2 heteroatoms. The first-order valence-corrected chi connectivity index (χ1v) is 4.88. The third-order valence-electron chi connectivity index (χ3n) is 2.94. The van der Waals surface area contributed by atoms with E-state index in [1.165, 1.54) is 0 Å². The molecule has 2 nitrogen and oxygen atoms in total. The largest absolute Gasteiger partial charge is 0.367 e. The fraction of sp³-hybridized carbons (Fsp3) is 0.308. The maximum absolute atomic E-state index is 11.5. The van der Waals surface area contributed by atoms with Crippen molar-refractivity contribution in [1.82, 2.24) is 0 Å². The minimum Gasteiger partial charge on any atom is -0.367 e. The smallest absolute Gasteiger partial charge is 0.211 e. The summed E-state index contributed by atoms with van der Waals surface area (Å²) in [4.78, 5) is 11.5. The molecule has 2 rings (SSSR count). The molecule has 1 unspecified atom stereocenters. The number of ketones is 1. The van der Waals surface area contributed by atoms with E-state index in [1.54, 1.807) is 13.8 Å². The highest BCUT2D eigenvalue weighted by Gasteiger charge is 2.47. The van der Waals surface area contributed by atoms with Gasteiger partial charge in [0.1, 0.15) is 0 Å². The second-order valence-electron chi connectivity index (χ2n) is 3.85. The second kappa shape index (κ2) is 3.22. The summed E-state index contributed by atoms with van der Waals surface area (Å²) in [5.41, 5.74) is -0.218. The molecule has 0 heterocycles. The Morgan fingerprint density at radius 3 is 2.47 bits per heavy atom. The SMILES string of the molecule is CC1=C(C)C(O)(C#CC2C=CC=C2)C1=O. The number of hydrogen-bond donors (Lipinski definition) is 1. The number of Topliss-reactive ketones (excluding diaryl/α,β-unsaturated/α-hetero) is 1. The number of rotatable bonds is 0. The summed E-state index contributed by atoms with van der Waals surface area (Å²) in [5.74, 6) is 5.30. The lowest BCUT2D eigenvalue weighted by Crippen LogP contribution is -2.48. The van der Waals surface area contributed by atoms with Crippen molar-refractivity contribution in [2.24, 2.45) is 5.92 Å². The van der Waals surface area contributed by atoms with Crippen molar-refractivity contribution in [2.45, 2.75) is 19.4 Å². The predicted molar refractivity (Wildman–Crippen MR) is 57.9 cm³/mol. The highest BCUT2D eigenvalue weighted by Crippen LogP contribution is 2.33. The summed E-state index contributed by atoms with van der Waals surface area (Å²) >= 11 is 0. The van der Waals surface area contributed by atoms with Crippen molar-refractivity contribution in [3.8, 4) is 11.8 Å². The molecule has 0 aliphatic heterocycles. The van der Waals surface area contributed by atoms with Crippen LogP contribution in [0.15, 0.2) is 35.5 Å². The average molecular weight is 200 g/mol. The van der Waals surface area contributed by atoms with Crippen LogP contribution in [0.2, 0.25) is 0 Å². The van der Waals surface area contributed by atoms with E-state index in [2.05, 4.69) is 11.8 Å². The lowest BCUT2D eigenvalue weighted by atomic mass is 9.73. The van der Waals surface area contributed by atoms with Crippen LogP contribution in [0, 0.1) is 17.8 Å². The van der Waals surface area contributed by atoms with Gasteiger partial charge in [-0.25, -0.2) is 0 Å². The van der Waals surface area contributed by atoms with Gasteiger partial charge in [-0.1, -0.05) is 36.1 Å². The van der Waals surface area contributed by atoms with Crippen LogP contribution in [0.25, 0.3) is 0 Å². The van der Waals surface area contributed by atoms with Crippen molar-refractivity contribution < 1.29 is 9.90 Å². The van der Waals surface area contributed by atoms with Gasteiger partial charge in [0, 0.05) is 0 Å². The summed E-state index contributed by atoms with van der Waals surface area (Å²) in [5, 5.41) is 9.95. The Kier molecular flexibility index (Phi) is 2.13. The fourth-order valence-corrected chi connectivity index (χ4v) is 1.69. The van der Waals surface area contributed by atoms with E-state index in [1.807, 2.05) is 24.3 Å². The van der Waals surface area contributed by atoms with E-state index in [4.69, 9.17) is 0 Å². The molecule has 0 bridgehead atoms. The summed E-state index contributed by atoms with van der Waals surface area (Å²) < 4.78 is 0. The van der Waals surface area contributed by atoms with Gasteiger partial charge >= 0.3 is 0 Å². The first-order chi connectivity index (χ1) is 7.05. The molecular formula is C13H12O2. The zero-order valence-electron chi connectivity index (χ0n) is 8.74. The molecule has 2 aliphatic carbocycles. The van der Waals surface area contributed by atoms with Crippen molar-refractivity contribution in [2.75, 3.05) is 0 Å². The van der Waals surface area contributed by atoms with Crippen molar-refractivity contribution in [1.29, 1.82) is 0 Å². The molecule has 0 amide bonds. The Morgan fingerprint density at radius 2 is 1.93 bits per heavy atom. The number of allylic oxidation sites excluding steroid dienone is 4. The molecule has 0 aromatic heterocycles. The van der Waals surface area contributed by atoms with E-state index in [-0.39, 0.29) is 11.7 Å². The number of carbonyl (C=O) groups excluding carboxylic acids is 1. The maximum Gasteiger partial charge on any atom is 0.211 e. The number of aliphatic hydroxyl groups is 1. The molecule has 0 spiro atoms. The minimum absolute atomic E-state index is 0.0236. The quantitative estimate of drug-likeness (QED) is 0.600. The van der Waals surface area contributed by atoms with Gasteiger partial charge in [0.25, 0.3) is 0 Å². The lowest BCUT2D eigenvalue weighted by molar-refractivity contribution is -0.129. The van der Waals surface area contributed by atoms with Crippen LogP contribution in [0.4, 0.5) is 0 Å². The molecule has 1 atom stereocenters. The van der Waals surface area contributed by atoms with Crippen LogP contribution in [0.1, 0.15) is 13.8 Å². The zero-order valence-corrected chi connectivity index (χ0v) is 8.74. The highest BCUT2D eigenvalue weighted by molar-refractivity contribution is 6.14. The van der Waals surface area contributed by atoms with Crippen LogP contribution in [0.3, 0.4) is 0 Å². The van der Waals surface area contributed by atoms with E-state index >= 15 is 0 Å². The highest BCUT2D eigenvalue weighted by atomic mass is 16.3. The Morgan fingerprint density at radius 1 is 1.33 bits per heavy atom. The lowest BCUT2D eigenvalue weighted by Gasteiger charge is -2.32. The van der Waals surface area contributed by atoms with Crippen LogP contribution >= 0.6 is 0 Å². The molecule has 15 heavy (non-hydrogen) atoms. The van der Waals surface area contributed by atoms with Crippen molar-refractivity contribution in [3.63, 3.8) is 0 Å². The van der Waals surface area contributed by atoms with Crippen LogP contribution in [-0.2, 0) is 4.79 Å². The Hall–Kier alpha value is -1.59. The number of hydrogen-bond acceptors (Lipinski definition) is 2. The van der Waals surface area contributed by atoms with E-state index in [0.717, 1.165) is 0 Å². The van der Waals surface area contributed by atoms with Crippen LogP contribution in [0.5, 0.6) is 0 Å². The molecular weight excluding hydrogens is 188 g/mol. The van der Waals surface area contributed by atoms with Gasteiger partial charge < -0.3 is 5.11 Å². The van der Waals surface area contributed by atoms with Gasteiger partial charge in [0.05, 0.1) is 5.92 Å². The number of carbonyl (C=O) groups is 1. The summed E-state index contributed by atoms with van der Waals surface area (Å²) in [6, 6.07) is 0. The van der Waals surface area contributed by atoms with Gasteiger partial charge in [0.2, 0.25) is 11.4 Å². The molecule has 0 saturated carbocycles. The Balaban J connectivity index is 2.23. The summed E-state index contributed by atoms with van der Waals surface area (Å²) in [6.45, 7) is 3.45. The maximum atomic E-state index is 11.5. The standard InChI is InChI=1S/C13H12O2/c1-9-10(2)13(15,12(9)14)8-7-11-5-3-4-6-11/h3-6,11,15H,1-2H3. The molecule has 0 radical (unpaired) electrons. The third kappa shape index (κ3) is 1.36. The van der Waals surface area contributed by atoms with E-state index in [0.29, 0.717) is 11.1 Å². The molecule has 0 fully saturated rings. The van der Waals surface area contributed by atoms with Crippen LogP contribution < -0.4 is 0 Å². The average Bonchev–Trinajstić information content (AvgIpc) is 2.76. The van der Waals surface area contributed by atoms with Gasteiger partial charge in [-0.3, -0.25) is 4.79 Å². The van der Waals surface area contributed by atoms with Gasteiger partial charge in [-0.2, -0.15) is 0 Å². The molecule has 0 aromatic carbocycles. The topological polar surface area (TPSA) is 37.3 Å². The first kappa shape index (κ1) is 9.95. The first-order valence-electron chi connectivity index (χ1n) is 4.88. The van der Waals surface area contributed by atoms with E-state index < -0.39 is 5.60 Å². The Bertz CT molecular complexity index is 456. The van der Waals surface area contributed by atoms with Crippen molar-refractivity contribution in [3.05, 3.63) is 35.5 Å². The molecule has 76 valence electrons. The molecule has 1 N–H and O–H groups in total. The van der Waals surface area contributed by atoms with Gasteiger partial charge in [-0.05, 0) is 25.0 Å². The third-order valence-corrected chi connectivity index (χ3v) is 2.94. The molecule has 2 aliphatic rings. The van der Waals surface area contributed by atoms with Gasteiger partial charge in [0.15, 0.2) is 0 Å². The fourth-order valence-electron chi connectivity index (χ4n) is 1.69. The summed E-state index contributed by atoms with van der Waals surface area (Å²) in [7, 11) is 0. The molecule has 0 aromatic rings. The second-order valence-corrected chi connectivity index (χ2v) is 3.85. The normalized spacial score (nSPS) is 29.1. The minimum atomic E-state index is -1.52. The van der Waals surface area contributed by atoms with Gasteiger partial charge in [-0.15, -0.1) is 0 Å². The van der Waals surface area contributed by atoms with Crippen LogP contribution in [-0.4, -0.2) is 16.5 Å². The zero-order chi connectivity index (χ0) is 11.1.